The SMILES string of the molecule is O=C(O)/C=C1\c2ccccc2C(=O)N1c1ccc(F)cc1. The van der Waals surface area contributed by atoms with E-state index in [9.17, 15) is 14.0 Å². The first-order valence-electron chi connectivity index (χ1n) is 6.22. The van der Waals surface area contributed by atoms with Crippen LogP contribution in [-0.2, 0) is 4.79 Å². The quantitative estimate of drug-likeness (QED) is 0.862. The number of halogens is 1. The number of benzene rings is 2. The standard InChI is InChI=1S/C16H10FNO3/c17-10-5-7-11(8-6-10)18-14(9-15(19)20)12-3-1-2-4-13(12)16(18)21/h1-9H,(H,19,20)/b14-9+. The fraction of sp³-hybridized carbons (Fsp3) is 0. The number of carbonyl (C=O) groups excluding carboxylic acids is 1. The molecule has 3 rings (SSSR count). The second kappa shape index (κ2) is 4.86. The van der Waals surface area contributed by atoms with Crippen LogP contribution in [0.2, 0.25) is 0 Å². The van der Waals surface area contributed by atoms with Gasteiger partial charge in [-0.3, -0.25) is 9.69 Å². The van der Waals surface area contributed by atoms with Crippen molar-refractivity contribution < 1.29 is 19.1 Å². The third kappa shape index (κ3) is 2.18. The fourth-order valence-corrected chi connectivity index (χ4v) is 2.35. The number of aliphatic carboxylic acids is 1. The third-order valence-electron chi connectivity index (χ3n) is 3.22. The Morgan fingerprint density at radius 3 is 2.29 bits per heavy atom. The van der Waals surface area contributed by atoms with Crippen molar-refractivity contribution in [2.45, 2.75) is 0 Å². The summed E-state index contributed by atoms with van der Waals surface area (Å²) in [5.74, 6) is -1.90. The summed E-state index contributed by atoms with van der Waals surface area (Å²) in [7, 11) is 0. The van der Waals surface area contributed by atoms with Gasteiger partial charge in [0.1, 0.15) is 5.82 Å². The molecule has 5 heteroatoms. The summed E-state index contributed by atoms with van der Waals surface area (Å²) in [4.78, 5) is 24.8. The second-order valence-corrected chi connectivity index (χ2v) is 4.53. The molecule has 1 aliphatic heterocycles. The Morgan fingerprint density at radius 1 is 1.05 bits per heavy atom. The average molecular weight is 283 g/mol. The van der Waals surface area contributed by atoms with Gasteiger partial charge in [-0.15, -0.1) is 0 Å². The van der Waals surface area contributed by atoms with Crippen LogP contribution in [0.4, 0.5) is 10.1 Å². The molecule has 2 aromatic rings. The molecule has 1 N–H and O–H groups in total. The topological polar surface area (TPSA) is 57.6 Å². The van der Waals surface area contributed by atoms with Gasteiger partial charge in [0, 0.05) is 22.9 Å². The number of fused-ring (bicyclic) bond motifs is 1. The Labute approximate surface area is 119 Å². The Bertz CT molecular complexity index is 765. The zero-order valence-corrected chi connectivity index (χ0v) is 10.8. The molecule has 1 aliphatic rings. The molecule has 0 spiro atoms. The second-order valence-electron chi connectivity index (χ2n) is 4.53. The Hall–Kier alpha value is -2.95. The third-order valence-corrected chi connectivity index (χ3v) is 3.22. The lowest BCUT2D eigenvalue weighted by Gasteiger charge is -2.18. The number of carbonyl (C=O) groups is 2. The number of amides is 1. The molecule has 0 unspecified atom stereocenters. The highest BCUT2D eigenvalue weighted by Crippen LogP contribution is 2.36. The first-order valence-corrected chi connectivity index (χ1v) is 6.22. The number of hydrogen-bond donors (Lipinski definition) is 1. The van der Waals surface area contributed by atoms with Crippen LogP contribution >= 0.6 is 0 Å². The van der Waals surface area contributed by atoms with Crippen LogP contribution in [0.1, 0.15) is 15.9 Å². The summed E-state index contributed by atoms with van der Waals surface area (Å²) < 4.78 is 13.0. The van der Waals surface area contributed by atoms with Crippen molar-refractivity contribution in [1.82, 2.24) is 0 Å². The van der Waals surface area contributed by atoms with Gasteiger partial charge in [0.15, 0.2) is 0 Å². The molecule has 0 radical (unpaired) electrons. The molecular weight excluding hydrogens is 273 g/mol. The predicted molar refractivity (Wildman–Crippen MR) is 75.3 cm³/mol. The van der Waals surface area contributed by atoms with E-state index in [4.69, 9.17) is 5.11 Å². The van der Waals surface area contributed by atoms with Gasteiger partial charge >= 0.3 is 5.97 Å². The van der Waals surface area contributed by atoms with E-state index >= 15 is 0 Å². The van der Waals surface area contributed by atoms with Gasteiger partial charge in [0.25, 0.3) is 5.91 Å². The molecule has 1 amide bonds. The molecular formula is C16H10FNO3. The number of hydrogen-bond acceptors (Lipinski definition) is 2. The molecule has 1 heterocycles. The molecule has 0 fully saturated rings. The number of nitrogens with zero attached hydrogens (tertiary/aromatic N) is 1. The van der Waals surface area contributed by atoms with E-state index in [2.05, 4.69) is 0 Å². The highest BCUT2D eigenvalue weighted by molar-refractivity contribution is 6.23. The smallest absolute Gasteiger partial charge is 0.330 e. The molecule has 0 bridgehead atoms. The van der Waals surface area contributed by atoms with Gasteiger partial charge < -0.3 is 5.11 Å². The highest BCUT2D eigenvalue weighted by atomic mass is 19.1. The van der Waals surface area contributed by atoms with Gasteiger partial charge in [-0.05, 0) is 30.3 Å². The van der Waals surface area contributed by atoms with Gasteiger partial charge in [0.05, 0.1) is 5.70 Å². The minimum Gasteiger partial charge on any atom is -0.478 e. The van der Waals surface area contributed by atoms with E-state index in [-0.39, 0.29) is 11.6 Å². The van der Waals surface area contributed by atoms with Crippen molar-refractivity contribution in [3.63, 3.8) is 0 Å². The van der Waals surface area contributed by atoms with Crippen molar-refractivity contribution in [3.8, 4) is 0 Å². The lowest BCUT2D eigenvalue weighted by Crippen LogP contribution is -2.22. The van der Waals surface area contributed by atoms with Crippen molar-refractivity contribution in [2.75, 3.05) is 4.90 Å². The zero-order valence-electron chi connectivity index (χ0n) is 10.8. The number of rotatable bonds is 2. The van der Waals surface area contributed by atoms with Crippen LogP contribution in [0.5, 0.6) is 0 Å². The van der Waals surface area contributed by atoms with Gasteiger partial charge in [-0.2, -0.15) is 0 Å². The molecule has 21 heavy (non-hydrogen) atoms. The van der Waals surface area contributed by atoms with E-state index in [1.807, 2.05) is 0 Å². The summed E-state index contributed by atoms with van der Waals surface area (Å²) >= 11 is 0. The minimum absolute atomic E-state index is 0.273. The molecule has 104 valence electrons. The Kier molecular flexibility index (Phi) is 3.02. The van der Waals surface area contributed by atoms with Gasteiger partial charge in [0.2, 0.25) is 0 Å². The van der Waals surface area contributed by atoms with Crippen molar-refractivity contribution in [2.24, 2.45) is 0 Å². The van der Waals surface area contributed by atoms with Gasteiger partial charge in [-0.1, -0.05) is 18.2 Å². The largest absolute Gasteiger partial charge is 0.478 e. The maximum atomic E-state index is 13.0. The van der Waals surface area contributed by atoms with Gasteiger partial charge in [-0.25, -0.2) is 9.18 Å². The normalized spacial score (nSPS) is 15.4. The molecule has 0 atom stereocenters. The van der Waals surface area contributed by atoms with E-state index < -0.39 is 11.8 Å². The fourth-order valence-electron chi connectivity index (χ4n) is 2.35. The summed E-state index contributed by atoms with van der Waals surface area (Å²) in [5, 5.41) is 9.02. The zero-order chi connectivity index (χ0) is 15.0. The number of anilines is 1. The lowest BCUT2D eigenvalue weighted by molar-refractivity contribution is -0.131. The van der Waals surface area contributed by atoms with E-state index in [1.165, 1.54) is 29.2 Å². The summed E-state index contributed by atoms with van der Waals surface area (Å²) in [6.45, 7) is 0. The first kappa shape index (κ1) is 13.1. The Morgan fingerprint density at radius 2 is 1.67 bits per heavy atom. The van der Waals surface area contributed by atoms with E-state index in [1.54, 1.807) is 24.3 Å². The van der Waals surface area contributed by atoms with Crippen molar-refractivity contribution in [3.05, 3.63) is 71.6 Å². The molecule has 0 aromatic heterocycles. The van der Waals surface area contributed by atoms with Crippen LogP contribution < -0.4 is 4.90 Å². The average Bonchev–Trinajstić information content (AvgIpc) is 2.73. The minimum atomic E-state index is -1.15. The van der Waals surface area contributed by atoms with Crippen molar-refractivity contribution in [1.29, 1.82) is 0 Å². The summed E-state index contributed by atoms with van der Waals surface area (Å²) in [5.41, 5.74) is 1.67. The van der Waals surface area contributed by atoms with E-state index in [0.29, 0.717) is 16.8 Å². The molecule has 0 aliphatic carbocycles. The van der Waals surface area contributed by atoms with Crippen LogP contribution in [0.3, 0.4) is 0 Å². The number of carboxylic acid groups (broad SMARTS) is 1. The summed E-state index contributed by atoms with van der Waals surface area (Å²) in [6, 6.07) is 12.1. The van der Waals surface area contributed by atoms with E-state index in [0.717, 1.165) is 6.08 Å². The molecule has 0 saturated heterocycles. The monoisotopic (exact) mass is 283 g/mol. The Balaban J connectivity index is 2.18. The lowest BCUT2D eigenvalue weighted by atomic mass is 10.1. The highest BCUT2D eigenvalue weighted by Gasteiger charge is 2.33. The van der Waals surface area contributed by atoms with Crippen LogP contribution in [-0.4, -0.2) is 17.0 Å². The molecule has 4 nitrogen and oxygen atoms in total. The molecule has 0 saturated carbocycles. The first-order chi connectivity index (χ1) is 10.1. The van der Waals surface area contributed by atoms with Crippen LogP contribution in [0, 0.1) is 5.82 Å². The summed E-state index contributed by atoms with van der Waals surface area (Å²) in [6.07, 6.45) is 0.979. The van der Waals surface area contributed by atoms with Crippen LogP contribution in [0.25, 0.3) is 5.70 Å². The van der Waals surface area contributed by atoms with Crippen molar-refractivity contribution >= 4 is 23.3 Å². The predicted octanol–water partition coefficient (Wildman–Crippen LogP) is 2.91. The molecule has 2 aromatic carbocycles. The maximum absolute atomic E-state index is 13.0. The maximum Gasteiger partial charge on any atom is 0.330 e. The van der Waals surface area contributed by atoms with Crippen LogP contribution in [0.15, 0.2) is 54.6 Å². The number of carboxylic acids is 1.